The summed E-state index contributed by atoms with van der Waals surface area (Å²) in [5.41, 5.74) is 0. The van der Waals surface area contributed by atoms with Crippen molar-refractivity contribution in [1.82, 2.24) is 15.1 Å². The lowest BCUT2D eigenvalue weighted by atomic mass is 10.1. The minimum atomic E-state index is -0.566. The van der Waals surface area contributed by atoms with Crippen LogP contribution in [0.3, 0.4) is 0 Å². The monoisotopic (exact) mass is 290 g/mol. The van der Waals surface area contributed by atoms with Crippen LogP contribution in [-0.2, 0) is 4.79 Å². The van der Waals surface area contributed by atoms with Crippen molar-refractivity contribution in [2.45, 2.75) is 12.2 Å². The second kappa shape index (κ2) is 4.02. The number of nitrogens with zero attached hydrogens (tertiary/aromatic N) is 3. The number of hydrogen-bond acceptors (Lipinski definition) is 5. The molecule has 2 atom stereocenters. The lowest BCUT2D eigenvalue weighted by Crippen LogP contribution is -2.63. The van der Waals surface area contributed by atoms with Crippen LogP contribution in [0.4, 0.5) is 4.79 Å². The van der Waals surface area contributed by atoms with Gasteiger partial charge < -0.3 is 14.9 Å². The van der Waals surface area contributed by atoms with E-state index >= 15 is 0 Å². The van der Waals surface area contributed by atoms with E-state index in [1.54, 1.807) is 11.9 Å². The van der Waals surface area contributed by atoms with E-state index in [2.05, 4.69) is 26.2 Å². The van der Waals surface area contributed by atoms with E-state index in [9.17, 15) is 9.59 Å². The smallest absolute Gasteiger partial charge is 0.325 e. The maximum Gasteiger partial charge on any atom is 0.325 e. The summed E-state index contributed by atoms with van der Waals surface area (Å²) in [6, 6.07) is -1.02. The van der Waals surface area contributed by atoms with Gasteiger partial charge in [0.1, 0.15) is 0 Å². The van der Waals surface area contributed by atoms with Crippen molar-refractivity contribution in [1.29, 1.82) is 0 Å². The normalized spacial score (nSPS) is 29.1. The lowest BCUT2D eigenvalue weighted by molar-refractivity contribution is -0.127. The van der Waals surface area contributed by atoms with Crippen LogP contribution in [-0.4, -0.2) is 64.0 Å². The molecule has 1 saturated heterocycles. The highest BCUT2D eigenvalue weighted by atomic mass is 79.9. The first-order chi connectivity index (χ1) is 7.56. The summed E-state index contributed by atoms with van der Waals surface area (Å²) in [5, 5.41) is 11.1. The summed E-state index contributed by atoms with van der Waals surface area (Å²) in [5.74, 6) is -0.389. The number of urea groups is 1. The molecule has 2 aliphatic heterocycles. The first-order valence-electron chi connectivity index (χ1n) is 4.74. The number of imide groups is 1. The second-order valence-corrected chi connectivity index (χ2v) is 4.29. The molecule has 0 aromatic heterocycles. The van der Waals surface area contributed by atoms with Crippen molar-refractivity contribution in [3.63, 3.8) is 0 Å². The fraction of sp³-hybridized carbons (Fsp3) is 0.625. The fourth-order valence-electron chi connectivity index (χ4n) is 1.83. The molecule has 88 valence electrons. The average Bonchev–Trinajstić information content (AvgIpc) is 2.54. The molecule has 8 heteroatoms. The van der Waals surface area contributed by atoms with Crippen molar-refractivity contribution < 1.29 is 14.7 Å². The Bertz CT molecular complexity index is 372. The van der Waals surface area contributed by atoms with Gasteiger partial charge in [0, 0.05) is 13.6 Å². The number of fused-ring (bicyclic) bond motifs is 1. The van der Waals surface area contributed by atoms with Gasteiger partial charge >= 0.3 is 6.03 Å². The van der Waals surface area contributed by atoms with Gasteiger partial charge in [-0.1, -0.05) is 0 Å². The number of nitrogens with one attached hydrogen (secondary N) is 1. The van der Waals surface area contributed by atoms with Gasteiger partial charge in [-0.25, -0.2) is 9.79 Å². The topological polar surface area (TPSA) is 85.2 Å². The first kappa shape index (κ1) is 11.3. The van der Waals surface area contributed by atoms with E-state index in [4.69, 9.17) is 5.11 Å². The highest BCUT2D eigenvalue weighted by Gasteiger charge is 2.47. The molecule has 0 aromatic carbocycles. The van der Waals surface area contributed by atoms with Crippen LogP contribution in [0.25, 0.3) is 0 Å². The Kier molecular flexibility index (Phi) is 2.85. The summed E-state index contributed by atoms with van der Waals surface area (Å²) in [7, 11) is 1.58. The zero-order chi connectivity index (χ0) is 11.9. The van der Waals surface area contributed by atoms with Gasteiger partial charge in [-0.15, -0.1) is 0 Å². The Morgan fingerprint density at radius 1 is 1.56 bits per heavy atom. The number of rotatable bonds is 2. The quantitative estimate of drug-likeness (QED) is 0.634. The Morgan fingerprint density at radius 2 is 2.25 bits per heavy atom. The highest BCUT2D eigenvalue weighted by Crippen LogP contribution is 2.25. The number of aliphatic hydroxyl groups is 1. The lowest BCUT2D eigenvalue weighted by Gasteiger charge is -2.35. The Hall–Kier alpha value is -1.15. The van der Waals surface area contributed by atoms with Crippen molar-refractivity contribution >= 4 is 32.6 Å². The molecule has 2 aliphatic rings. The van der Waals surface area contributed by atoms with Gasteiger partial charge in [0.2, 0.25) is 0 Å². The van der Waals surface area contributed by atoms with Crippen LogP contribution in [0.15, 0.2) is 4.99 Å². The average molecular weight is 291 g/mol. The zero-order valence-electron chi connectivity index (χ0n) is 8.55. The van der Waals surface area contributed by atoms with Crippen LogP contribution in [0.5, 0.6) is 0 Å². The van der Waals surface area contributed by atoms with Crippen LogP contribution in [0.2, 0.25) is 0 Å². The fourth-order valence-corrected chi connectivity index (χ4v) is 2.44. The van der Waals surface area contributed by atoms with E-state index in [-0.39, 0.29) is 12.5 Å². The molecule has 2 rings (SSSR count). The Balaban J connectivity index is 2.28. The molecule has 0 spiro atoms. The van der Waals surface area contributed by atoms with Gasteiger partial charge in [-0.3, -0.25) is 10.1 Å². The number of likely N-dealkylation sites (N-methyl/N-ethyl adjacent to an activating group) is 1. The van der Waals surface area contributed by atoms with Gasteiger partial charge in [0.05, 0.1) is 6.61 Å². The van der Waals surface area contributed by atoms with E-state index < -0.39 is 18.2 Å². The second-order valence-electron chi connectivity index (χ2n) is 3.58. The molecular weight excluding hydrogens is 280 g/mol. The number of carbonyl (C=O) groups is 2. The Labute approximate surface area is 100 Å². The molecule has 0 aliphatic carbocycles. The summed E-state index contributed by atoms with van der Waals surface area (Å²) in [6.45, 7) is 0.208. The number of amides is 3. The minimum absolute atomic E-state index is 0.0845. The molecule has 0 bridgehead atoms. The molecule has 1 fully saturated rings. The number of halogens is 1. The molecule has 2 heterocycles. The molecule has 2 N–H and O–H groups in total. The molecule has 2 unspecified atom stereocenters. The third kappa shape index (κ3) is 1.57. The number of amidine groups is 1. The molecular formula is C8H11BrN4O3. The van der Waals surface area contributed by atoms with Gasteiger partial charge in [0.15, 0.2) is 17.0 Å². The zero-order valence-corrected chi connectivity index (χ0v) is 10.1. The summed E-state index contributed by atoms with van der Waals surface area (Å²) < 4.78 is 0.480. The SMILES string of the molecule is CN1C(=O)NC(=O)C2C1N=C(Br)N2CCO. The summed E-state index contributed by atoms with van der Waals surface area (Å²) in [6.07, 6.45) is -0.526. The molecule has 0 aromatic rings. The van der Waals surface area contributed by atoms with Crippen LogP contribution < -0.4 is 5.32 Å². The third-order valence-corrected chi connectivity index (χ3v) is 3.31. The highest BCUT2D eigenvalue weighted by molar-refractivity contribution is 9.18. The predicted octanol–water partition coefficient (Wildman–Crippen LogP) is -1.08. The van der Waals surface area contributed by atoms with Crippen molar-refractivity contribution in [3.05, 3.63) is 0 Å². The number of aliphatic hydroxyl groups excluding tert-OH is 1. The van der Waals surface area contributed by atoms with Crippen LogP contribution in [0, 0.1) is 0 Å². The molecule has 0 saturated carbocycles. The maximum atomic E-state index is 11.7. The molecule has 3 amide bonds. The molecule has 0 radical (unpaired) electrons. The van der Waals surface area contributed by atoms with Crippen LogP contribution in [0.1, 0.15) is 0 Å². The van der Waals surface area contributed by atoms with Crippen molar-refractivity contribution in [2.75, 3.05) is 20.2 Å². The van der Waals surface area contributed by atoms with Gasteiger partial charge in [-0.05, 0) is 15.9 Å². The molecule has 16 heavy (non-hydrogen) atoms. The van der Waals surface area contributed by atoms with Gasteiger partial charge in [0.25, 0.3) is 5.91 Å². The van der Waals surface area contributed by atoms with E-state index in [0.717, 1.165) is 0 Å². The summed E-state index contributed by atoms with van der Waals surface area (Å²) >= 11 is 3.22. The number of aliphatic imine (C=N–C) groups is 1. The number of β-amino-alcohol motifs (C(OH)–C–C–N with tert-alkyl or cyclic N) is 1. The number of carbonyl (C=O) groups excluding carboxylic acids is 2. The summed E-state index contributed by atoms with van der Waals surface area (Å²) in [4.78, 5) is 30.2. The first-order valence-corrected chi connectivity index (χ1v) is 5.54. The predicted molar refractivity (Wildman–Crippen MR) is 59.0 cm³/mol. The van der Waals surface area contributed by atoms with Gasteiger partial charge in [-0.2, -0.15) is 0 Å². The largest absolute Gasteiger partial charge is 0.395 e. The van der Waals surface area contributed by atoms with Crippen molar-refractivity contribution in [3.8, 4) is 0 Å². The molecule has 7 nitrogen and oxygen atoms in total. The standard InChI is InChI=1S/C8H11BrN4O3/c1-12-5-4(6(15)11-8(12)16)13(2-3-14)7(9)10-5/h4-5,14H,2-3H2,1H3,(H,11,15,16). The van der Waals surface area contributed by atoms with Crippen molar-refractivity contribution in [2.24, 2.45) is 4.99 Å². The van der Waals surface area contributed by atoms with E-state index in [1.165, 1.54) is 4.90 Å². The number of hydrogen-bond donors (Lipinski definition) is 2. The van der Waals surface area contributed by atoms with E-state index in [0.29, 0.717) is 11.3 Å². The minimum Gasteiger partial charge on any atom is -0.395 e. The third-order valence-electron chi connectivity index (χ3n) is 2.65. The van der Waals surface area contributed by atoms with Crippen LogP contribution >= 0.6 is 15.9 Å². The maximum absolute atomic E-state index is 11.7. The van der Waals surface area contributed by atoms with E-state index in [1.807, 2.05) is 0 Å². The Morgan fingerprint density at radius 3 is 2.88 bits per heavy atom.